The quantitative estimate of drug-likeness (QED) is 0.0599. The molecule has 226 valence electrons. The van der Waals surface area contributed by atoms with Gasteiger partial charge >= 0.3 is 0 Å². The summed E-state index contributed by atoms with van der Waals surface area (Å²) >= 11 is 0. The molecule has 3 atom stereocenters. The number of carbonyl (C=O) groups is 1. The Bertz CT molecular complexity index is 537. The minimum absolute atomic E-state index is 0.362. The molecule has 0 radical (unpaired) electrons. The van der Waals surface area contributed by atoms with Crippen molar-refractivity contribution in [3.8, 4) is 0 Å². The molecule has 0 spiro atoms. The van der Waals surface area contributed by atoms with Crippen molar-refractivity contribution in [3.05, 3.63) is 12.2 Å². The van der Waals surface area contributed by atoms with Crippen LogP contribution in [0.4, 0.5) is 0 Å². The van der Waals surface area contributed by atoms with Crippen LogP contribution in [0.1, 0.15) is 162 Å². The lowest BCUT2D eigenvalue weighted by Gasteiger charge is -2.21. The molecule has 38 heavy (non-hydrogen) atoms. The van der Waals surface area contributed by atoms with Gasteiger partial charge in [-0.3, -0.25) is 4.79 Å². The van der Waals surface area contributed by atoms with Crippen molar-refractivity contribution in [1.29, 1.82) is 0 Å². The van der Waals surface area contributed by atoms with Crippen LogP contribution < -0.4 is 5.32 Å². The molecule has 0 rings (SSSR count). The average molecular weight is 540 g/mol. The predicted molar refractivity (Wildman–Crippen MR) is 162 cm³/mol. The minimum atomic E-state index is -1.09. The topological polar surface area (TPSA) is 89.8 Å². The van der Waals surface area contributed by atoms with Crippen molar-refractivity contribution in [3.63, 3.8) is 0 Å². The number of allylic oxidation sites excluding steroid dienone is 1. The van der Waals surface area contributed by atoms with Gasteiger partial charge in [0.15, 0.2) is 0 Å². The Kier molecular flexibility index (Phi) is 27.0. The molecule has 0 aromatic carbocycles. The van der Waals surface area contributed by atoms with Crippen molar-refractivity contribution in [2.24, 2.45) is 5.92 Å². The van der Waals surface area contributed by atoms with E-state index in [0.29, 0.717) is 6.42 Å². The standard InChI is InChI=1S/C33H65NO4/c1-4-5-6-7-8-9-10-11-14-18-21-24-27-32(37)33(38)34-30(28-35)31(36)26-23-20-17-15-12-13-16-19-22-25-29(2)3/h23,26,29-32,35-37H,4-22,24-25,27-28H2,1-3H3,(H,34,38)/b26-23+/t30-,31+,32+/m0/s1. The summed E-state index contributed by atoms with van der Waals surface area (Å²) in [6.07, 6.45) is 27.9. The Morgan fingerprint density at radius 3 is 1.61 bits per heavy atom. The summed E-state index contributed by atoms with van der Waals surface area (Å²) in [5.74, 6) is 0.304. The molecule has 0 aliphatic heterocycles. The highest BCUT2D eigenvalue weighted by Gasteiger charge is 2.22. The summed E-state index contributed by atoms with van der Waals surface area (Å²) < 4.78 is 0. The lowest BCUT2D eigenvalue weighted by molar-refractivity contribution is -0.131. The van der Waals surface area contributed by atoms with E-state index < -0.39 is 24.2 Å². The van der Waals surface area contributed by atoms with Gasteiger partial charge in [-0.05, 0) is 25.2 Å². The van der Waals surface area contributed by atoms with Crippen LogP contribution in [0.3, 0.4) is 0 Å². The first kappa shape index (κ1) is 37.1. The number of amides is 1. The van der Waals surface area contributed by atoms with Gasteiger partial charge in [-0.2, -0.15) is 0 Å². The summed E-state index contributed by atoms with van der Waals surface area (Å²) in [4.78, 5) is 12.3. The molecule has 0 aromatic heterocycles. The van der Waals surface area contributed by atoms with Crippen LogP contribution in [0, 0.1) is 5.92 Å². The molecule has 0 aromatic rings. The fourth-order valence-electron chi connectivity index (χ4n) is 4.90. The molecule has 0 bridgehead atoms. The Labute approximate surface area is 236 Å². The summed E-state index contributed by atoms with van der Waals surface area (Å²) in [5.41, 5.74) is 0. The molecule has 5 nitrogen and oxygen atoms in total. The second kappa shape index (κ2) is 27.6. The lowest BCUT2D eigenvalue weighted by atomic mass is 10.0. The summed E-state index contributed by atoms with van der Waals surface area (Å²) in [6.45, 7) is 6.46. The molecule has 1 amide bonds. The van der Waals surface area contributed by atoms with Crippen LogP contribution >= 0.6 is 0 Å². The zero-order valence-electron chi connectivity index (χ0n) is 25.5. The van der Waals surface area contributed by atoms with Gasteiger partial charge in [-0.1, -0.05) is 155 Å². The monoisotopic (exact) mass is 539 g/mol. The van der Waals surface area contributed by atoms with E-state index >= 15 is 0 Å². The maximum absolute atomic E-state index is 12.3. The Morgan fingerprint density at radius 2 is 1.13 bits per heavy atom. The summed E-state index contributed by atoms with van der Waals surface area (Å²) in [5, 5.41) is 32.8. The second-order valence-electron chi connectivity index (χ2n) is 11.9. The highest BCUT2D eigenvalue weighted by atomic mass is 16.3. The molecular weight excluding hydrogens is 474 g/mol. The lowest BCUT2D eigenvalue weighted by Crippen LogP contribution is -2.48. The van der Waals surface area contributed by atoms with E-state index in [-0.39, 0.29) is 6.61 Å². The molecule has 0 aliphatic rings. The predicted octanol–water partition coefficient (Wildman–Crippen LogP) is 8.00. The number of carbonyl (C=O) groups excluding carboxylic acids is 1. The fraction of sp³-hybridized carbons (Fsp3) is 0.909. The van der Waals surface area contributed by atoms with Crippen molar-refractivity contribution in [2.75, 3.05) is 6.61 Å². The Balaban J connectivity index is 3.81. The van der Waals surface area contributed by atoms with Crippen LogP contribution in [0.2, 0.25) is 0 Å². The smallest absolute Gasteiger partial charge is 0.249 e. The number of unbranched alkanes of at least 4 members (excludes halogenated alkanes) is 18. The molecule has 0 heterocycles. The zero-order chi connectivity index (χ0) is 28.3. The molecule has 0 unspecified atom stereocenters. The fourth-order valence-corrected chi connectivity index (χ4v) is 4.90. The third-order valence-electron chi connectivity index (χ3n) is 7.56. The number of hydrogen-bond donors (Lipinski definition) is 4. The first-order valence-electron chi connectivity index (χ1n) is 16.4. The SMILES string of the molecule is CCCCCCCCCCCCCC[C@@H](O)C(=O)N[C@@H](CO)[C@H](O)/C=C/CCCCCCCCCC(C)C. The minimum Gasteiger partial charge on any atom is -0.394 e. The summed E-state index contributed by atoms with van der Waals surface area (Å²) in [7, 11) is 0. The van der Waals surface area contributed by atoms with E-state index in [4.69, 9.17) is 0 Å². The van der Waals surface area contributed by atoms with Crippen LogP contribution in [0.5, 0.6) is 0 Å². The highest BCUT2D eigenvalue weighted by molar-refractivity contribution is 5.80. The van der Waals surface area contributed by atoms with Gasteiger partial charge in [-0.15, -0.1) is 0 Å². The molecule has 4 N–H and O–H groups in total. The Hall–Kier alpha value is -0.910. The van der Waals surface area contributed by atoms with E-state index in [0.717, 1.165) is 38.0 Å². The van der Waals surface area contributed by atoms with E-state index in [9.17, 15) is 20.1 Å². The Morgan fingerprint density at radius 1 is 0.684 bits per heavy atom. The zero-order valence-corrected chi connectivity index (χ0v) is 25.5. The third-order valence-corrected chi connectivity index (χ3v) is 7.56. The van der Waals surface area contributed by atoms with Crippen molar-refractivity contribution < 1.29 is 20.1 Å². The van der Waals surface area contributed by atoms with Gasteiger partial charge in [-0.25, -0.2) is 0 Å². The molecule has 0 aliphatic carbocycles. The highest BCUT2D eigenvalue weighted by Crippen LogP contribution is 2.14. The number of hydrogen-bond acceptors (Lipinski definition) is 4. The first-order chi connectivity index (χ1) is 18.4. The molecule has 5 heteroatoms. The maximum Gasteiger partial charge on any atom is 0.249 e. The van der Waals surface area contributed by atoms with Gasteiger partial charge in [0.05, 0.1) is 18.8 Å². The number of nitrogens with one attached hydrogen (secondary N) is 1. The summed E-state index contributed by atoms with van der Waals surface area (Å²) in [6, 6.07) is -0.791. The van der Waals surface area contributed by atoms with E-state index in [1.807, 2.05) is 6.08 Å². The van der Waals surface area contributed by atoms with Crippen LogP contribution in [-0.4, -0.2) is 46.1 Å². The van der Waals surface area contributed by atoms with Gasteiger partial charge in [0, 0.05) is 0 Å². The van der Waals surface area contributed by atoms with Crippen molar-refractivity contribution in [2.45, 2.75) is 180 Å². The van der Waals surface area contributed by atoms with E-state index in [2.05, 4.69) is 26.1 Å². The molecular formula is C33H65NO4. The number of aliphatic hydroxyl groups excluding tert-OH is 3. The molecule has 0 saturated heterocycles. The van der Waals surface area contributed by atoms with Gasteiger partial charge in [0.1, 0.15) is 6.10 Å². The van der Waals surface area contributed by atoms with E-state index in [1.54, 1.807) is 6.08 Å². The normalized spacial score (nSPS) is 14.3. The van der Waals surface area contributed by atoms with Crippen molar-refractivity contribution in [1.82, 2.24) is 5.32 Å². The average Bonchev–Trinajstić information content (AvgIpc) is 2.90. The van der Waals surface area contributed by atoms with Crippen molar-refractivity contribution >= 4 is 5.91 Å². The molecule has 0 saturated carbocycles. The van der Waals surface area contributed by atoms with Crippen LogP contribution in [0.25, 0.3) is 0 Å². The maximum atomic E-state index is 12.3. The van der Waals surface area contributed by atoms with Gasteiger partial charge < -0.3 is 20.6 Å². The van der Waals surface area contributed by atoms with Gasteiger partial charge in [0.2, 0.25) is 5.91 Å². The second-order valence-corrected chi connectivity index (χ2v) is 11.9. The van der Waals surface area contributed by atoms with E-state index in [1.165, 1.54) is 103 Å². The number of aliphatic hydroxyl groups is 3. The van der Waals surface area contributed by atoms with Crippen LogP contribution in [-0.2, 0) is 4.79 Å². The first-order valence-corrected chi connectivity index (χ1v) is 16.4. The molecule has 0 fully saturated rings. The van der Waals surface area contributed by atoms with Crippen LogP contribution in [0.15, 0.2) is 12.2 Å². The number of rotatable bonds is 28. The third kappa shape index (κ3) is 24.2. The largest absolute Gasteiger partial charge is 0.394 e. The van der Waals surface area contributed by atoms with Gasteiger partial charge in [0.25, 0.3) is 0 Å².